The molecule has 1 aromatic rings. The molecule has 0 aromatic carbocycles. The molecule has 0 radical (unpaired) electrons. The second-order valence-corrected chi connectivity index (χ2v) is 4.54. The summed E-state index contributed by atoms with van der Waals surface area (Å²) in [5, 5.41) is 2.77. The number of unbranched alkanes of at least 4 members (excludes halogenated alkanes) is 1. The molecule has 18 heavy (non-hydrogen) atoms. The SMILES string of the molecule is O=C(NCCCC[C@@H]1CCCO1)c1c[nH]c(=O)[nH]1. The van der Waals surface area contributed by atoms with Gasteiger partial charge in [0.05, 0.1) is 6.10 Å². The Morgan fingerprint density at radius 1 is 1.50 bits per heavy atom. The fourth-order valence-electron chi connectivity index (χ4n) is 2.12. The average molecular weight is 253 g/mol. The maximum atomic E-state index is 11.6. The van der Waals surface area contributed by atoms with E-state index in [2.05, 4.69) is 15.3 Å². The summed E-state index contributed by atoms with van der Waals surface area (Å²) in [6.07, 6.45) is 7.18. The van der Waals surface area contributed by atoms with Crippen molar-refractivity contribution < 1.29 is 9.53 Å². The van der Waals surface area contributed by atoms with Crippen molar-refractivity contribution in [1.82, 2.24) is 15.3 Å². The van der Waals surface area contributed by atoms with Gasteiger partial charge in [-0.2, -0.15) is 0 Å². The lowest BCUT2D eigenvalue weighted by Crippen LogP contribution is -2.25. The number of carbonyl (C=O) groups is 1. The Balaban J connectivity index is 1.57. The highest BCUT2D eigenvalue weighted by Crippen LogP contribution is 2.17. The van der Waals surface area contributed by atoms with Gasteiger partial charge < -0.3 is 20.0 Å². The van der Waals surface area contributed by atoms with Crippen LogP contribution in [0.4, 0.5) is 0 Å². The number of H-pyrrole nitrogens is 2. The third-order valence-electron chi connectivity index (χ3n) is 3.10. The lowest BCUT2D eigenvalue weighted by Gasteiger charge is -2.08. The molecule has 1 aromatic heterocycles. The number of ether oxygens (including phenoxy) is 1. The minimum atomic E-state index is -0.362. The zero-order valence-electron chi connectivity index (χ0n) is 10.3. The van der Waals surface area contributed by atoms with Gasteiger partial charge in [-0.25, -0.2) is 4.79 Å². The number of carbonyl (C=O) groups excluding carboxylic acids is 1. The van der Waals surface area contributed by atoms with E-state index in [0.29, 0.717) is 12.6 Å². The summed E-state index contributed by atoms with van der Waals surface area (Å²) < 4.78 is 5.52. The molecule has 2 rings (SSSR count). The van der Waals surface area contributed by atoms with Gasteiger partial charge in [-0.3, -0.25) is 4.79 Å². The molecule has 2 heterocycles. The van der Waals surface area contributed by atoms with E-state index in [1.165, 1.54) is 12.6 Å². The largest absolute Gasteiger partial charge is 0.378 e. The molecule has 6 heteroatoms. The van der Waals surface area contributed by atoms with Crippen molar-refractivity contribution >= 4 is 5.91 Å². The molecule has 0 aliphatic carbocycles. The van der Waals surface area contributed by atoms with E-state index in [9.17, 15) is 9.59 Å². The summed E-state index contributed by atoms with van der Waals surface area (Å²) in [6, 6.07) is 0. The molecule has 0 bridgehead atoms. The van der Waals surface area contributed by atoms with E-state index >= 15 is 0 Å². The molecule has 1 fully saturated rings. The van der Waals surface area contributed by atoms with E-state index in [-0.39, 0.29) is 17.3 Å². The van der Waals surface area contributed by atoms with Crippen LogP contribution in [-0.4, -0.2) is 35.1 Å². The maximum absolute atomic E-state index is 11.6. The van der Waals surface area contributed by atoms with Gasteiger partial charge in [-0.1, -0.05) is 0 Å². The normalized spacial score (nSPS) is 19.0. The average Bonchev–Trinajstić information content (AvgIpc) is 2.99. The summed E-state index contributed by atoms with van der Waals surface area (Å²) in [4.78, 5) is 27.2. The summed E-state index contributed by atoms with van der Waals surface area (Å²) in [5.41, 5.74) is -0.0855. The Hall–Kier alpha value is -1.56. The van der Waals surface area contributed by atoms with Crippen molar-refractivity contribution in [1.29, 1.82) is 0 Å². The summed E-state index contributed by atoms with van der Waals surface area (Å²) in [7, 11) is 0. The molecule has 100 valence electrons. The van der Waals surface area contributed by atoms with Crippen LogP contribution < -0.4 is 11.0 Å². The minimum Gasteiger partial charge on any atom is -0.378 e. The van der Waals surface area contributed by atoms with Crippen molar-refractivity contribution in [2.45, 2.75) is 38.2 Å². The van der Waals surface area contributed by atoms with Crippen LogP contribution in [0.15, 0.2) is 11.0 Å². The number of hydrogen-bond acceptors (Lipinski definition) is 3. The summed E-state index contributed by atoms with van der Waals surface area (Å²) in [6.45, 7) is 1.51. The minimum absolute atomic E-state index is 0.245. The Labute approximate surface area is 105 Å². The highest BCUT2D eigenvalue weighted by atomic mass is 16.5. The topological polar surface area (TPSA) is 87.0 Å². The fraction of sp³-hybridized carbons (Fsp3) is 0.667. The van der Waals surface area contributed by atoms with Gasteiger partial charge in [0.1, 0.15) is 5.69 Å². The van der Waals surface area contributed by atoms with Crippen molar-refractivity contribution in [2.75, 3.05) is 13.2 Å². The molecular formula is C12H19N3O3. The van der Waals surface area contributed by atoms with E-state index in [1.807, 2.05) is 0 Å². The molecule has 0 saturated carbocycles. The van der Waals surface area contributed by atoms with Crippen molar-refractivity contribution in [3.63, 3.8) is 0 Å². The first-order valence-corrected chi connectivity index (χ1v) is 6.43. The maximum Gasteiger partial charge on any atom is 0.323 e. The van der Waals surface area contributed by atoms with Crippen LogP contribution in [0.3, 0.4) is 0 Å². The Bertz CT molecular complexity index is 432. The lowest BCUT2D eigenvalue weighted by molar-refractivity contribution is 0.0943. The number of hydrogen-bond donors (Lipinski definition) is 3. The van der Waals surface area contributed by atoms with Gasteiger partial charge in [0.2, 0.25) is 0 Å². The first-order chi connectivity index (χ1) is 8.75. The number of nitrogens with one attached hydrogen (secondary N) is 3. The third-order valence-corrected chi connectivity index (χ3v) is 3.10. The van der Waals surface area contributed by atoms with Crippen LogP contribution >= 0.6 is 0 Å². The molecule has 1 amide bonds. The van der Waals surface area contributed by atoms with E-state index in [1.54, 1.807) is 0 Å². The molecule has 1 aliphatic rings. The highest BCUT2D eigenvalue weighted by Gasteiger charge is 2.14. The molecule has 1 saturated heterocycles. The quantitative estimate of drug-likeness (QED) is 0.655. The van der Waals surface area contributed by atoms with Gasteiger partial charge in [-0.05, 0) is 32.1 Å². The Kier molecular flexibility index (Phi) is 4.58. The summed E-state index contributed by atoms with van der Waals surface area (Å²) in [5.74, 6) is -0.245. The molecule has 3 N–H and O–H groups in total. The van der Waals surface area contributed by atoms with Crippen LogP contribution in [0.1, 0.15) is 42.6 Å². The fourth-order valence-corrected chi connectivity index (χ4v) is 2.12. The van der Waals surface area contributed by atoms with Crippen LogP contribution in [0.2, 0.25) is 0 Å². The van der Waals surface area contributed by atoms with Crippen molar-refractivity contribution in [3.8, 4) is 0 Å². The van der Waals surface area contributed by atoms with Crippen LogP contribution in [0.5, 0.6) is 0 Å². The first kappa shape index (κ1) is 12.9. The Morgan fingerprint density at radius 3 is 3.06 bits per heavy atom. The van der Waals surface area contributed by atoms with Crippen LogP contribution in [0.25, 0.3) is 0 Å². The van der Waals surface area contributed by atoms with Gasteiger partial charge >= 0.3 is 5.69 Å². The van der Waals surface area contributed by atoms with Gasteiger partial charge in [0, 0.05) is 19.3 Å². The first-order valence-electron chi connectivity index (χ1n) is 6.43. The standard InChI is InChI=1S/C12H19N3O3/c16-11(10-8-14-12(17)15-10)13-6-2-1-4-9-5-3-7-18-9/h8-9H,1-7H2,(H,13,16)(H2,14,15,17)/t9-/m1/s1. The second kappa shape index (κ2) is 6.39. The third kappa shape index (κ3) is 3.73. The number of amides is 1. The van der Waals surface area contributed by atoms with Gasteiger partial charge in [0.15, 0.2) is 0 Å². The molecule has 6 nitrogen and oxygen atoms in total. The number of imidazole rings is 1. The zero-order valence-corrected chi connectivity index (χ0v) is 10.3. The van der Waals surface area contributed by atoms with Gasteiger partial charge in [0.25, 0.3) is 5.91 Å². The van der Waals surface area contributed by atoms with Gasteiger partial charge in [-0.15, -0.1) is 0 Å². The predicted octanol–water partition coefficient (Wildman–Crippen LogP) is 0.782. The molecule has 0 unspecified atom stereocenters. The number of aromatic amines is 2. The highest BCUT2D eigenvalue weighted by molar-refractivity contribution is 5.91. The van der Waals surface area contributed by atoms with Crippen molar-refractivity contribution in [2.24, 2.45) is 0 Å². The van der Waals surface area contributed by atoms with Crippen LogP contribution in [-0.2, 0) is 4.74 Å². The molecule has 0 spiro atoms. The molecular weight excluding hydrogens is 234 g/mol. The van der Waals surface area contributed by atoms with Crippen LogP contribution in [0, 0.1) is 0 Å². The monoisotopic (exact) mass is 253 g/mol. The second-order valence-electron chi connectivity index (χ2n) is 4.54. The van der Waals surface area contributed by atoms with E-state index < -0.39 is 0 Å². The van der Waals surface area contributed by atoms with E-state index in [4.69, 9.17) is 4.74 Å². The smallest absolute Gasteiger partial charge is 0.323 e. The number of aromatic nitrogens is 2. The van der Waals surface area contributed by atoms with E-state index in [0.717, 1.165) is 32.3 Å². The molecule has 1 aliphatic heterocycles. The lowest BCUT2D eigenvalue weighted by atomic mass is 10.1. The van der Waals surface area contributed by atoms with Crippen molar-refractivity contribution in [3.05, 3.63) is 22.4 Å². The number of rotatable bonds is 6. The summed E-state index contributed by atoms with van der Waals surface area (Å²) >= 11 is 0. The zero-order chi connectivity index (χ0) is 12.8. The predicted molar refractivity (Wildman–Crippen MR) is 66.6 cm³/mol. The Morgan fingerprint density at radius 2 is 2.39 bits per heavy atom. The molecule has 1 atom stereocenters.